The minimum atomic E-state index is -0.955. The van der Waals surface area contributed by atoms with E-state index < -0.39 is 6.09 Å². The van der Waals surface area contributed by atoms with Crippen LogP contribution in [0.15, 0.2) is 17.3 Å². The average Bonchev–Trinajstić information content (AvgIpc) is 1.85. The second-order valence-electron chi connectivity index (χ2n) is 2.41. The van der Waals surface area contributed by atoms with Gasteiger partial charge in [0, 0.05) is 6.20 Å². The Balaban J connectivity index is 2.86. The Hall–Kier alpha value is -1.32. The molecule has 1 amide bonds. The molecule has 0 spiro atoms. The maximum atomic E-state index is 10.6. The number of nitrogens with zero attached hydrogens (tertiary/aromatic N) is 2. The molecule has 1 N–H and O–H groups in total. The van der Waals surface area contributed by atoms with E-state index in [2.05, 4.69) is 4.99 Å². The molecule has 1 aliphatic rings. The number of rotatable bonds is 0. The molecule has 1 unspecified atom stereocenters. The molecule has 1 atom stereocenters. The second-order valence-corrected chi connectivity index (χ2v) is 2.41. The summed E-state index contributed by atoms with van der Waals surface area (Å²) in [4.78, 5) is 15.7. The zero-order valence-electron chi connectivity index (χ0n) is 6.48. The second kappa shape index (κ2) is 2.74. The zero-order valence-corrected chi connectivity index (χ0v) is 6.48. The topological polar surface area (TPSA) is 52.9 Å². The van der Waals surface area contributed by atoms with Crippen LogP contribution < -0.4 is 0 Å². The Kier molecular flexibility index (Phi) is 1.94. The van der Waals surface area contributed by atoms with Gasteiger partial charge in [-0.1, -0.05) is 0 Å². The van der Waals surface area contributed by atoms with E-state index in [0.717, 1.165) is 0 Å². The minimum absolute atomic E-state index is 0.106. The molecule has 1 heterocycles. The van der Waals surface area contributed by atoms with Gasteiger partial charge >= 0.3 is 6.09 Å². The van der Waals surface area contributed by atoms with Crippen molar-refractivity contribution in [3.8, 4) is 0 Å². The molecule has 0 fully saturated rings. The lowest BCUT2D eigenvalue weighted by Gasteiger charge is -2.25. The minimum Gasteiger partial charge on any atom is -0.465 e. The molecule has 0 saturated carbocycles. The van der Waals surface area contributed by atoms with Gasteiger partial charge in [0.25, 0.3) is 0 Å². The summed E-state index contributed by atoms with van der Waals surface area (Å²) < 4.78 is 0. The molecule has 11 heavy (non-hydrogen) atoms. The number of hydrogen-bond acceptors (Lipinski definition) is 2. The fourth-order valence-electron chi connectivity index (χ4n) is 1.03. The van der Waals surface area contributed by atoms with E-state index in [1.54, 1.807) is 19.2 Å². The van der Waals surface area contributed by atoms with Gasteiger partial charge in [0.15, 0.2) is 0 Å². The van der Waals surface area contributed by atoms with Crippen LogP contribution in [0.1, 0.15) is 13.8 Å². The van der Waals surface area contributed by atoms with Gasteiger partial charge in [-0.3, -0.25) is 4.90 Å². The first-order valence-corrected chi connectivity index (χ1v) is 3.36. The molecule has 0 aromatic heterocycles. The molecule has 60 valence electrons. The highest BCUT2D eigenvalue weighted by atomic mass is 16.4. The van der Waals surface area contributed by atoms with E-state index in [-0.39, 0.29) is 6.04 Å². The number of carboxylic acid groups (broad SMARTS) is 1. The fourth-order valence-corrected chi connectivity index (χ4v) is 1.03. The molecule has 0 aromatic carbocycles. The summed E-state index contributed by atoms with van der Waals surface area (Å²) in [5.74, 6) is 0.521. The standard InChI is InChI=1S/C7H10N2O2/c1-5-3-4-8-6(2)9(5)7(10)11/h3-5H,1-2H3,(H,10,11). The maximum Gasteiger partial charge on any atom is 0.413 e. The van der Waals surface area contributed by atoms with Gasteiger partial charge in [0.1, 0.15) is 5.84 Å². The average molecular weight is 154 g/mol. The van der Waals surface area contributed by atoms with Crippen molar-refractivity contribution < 1.29 is 9.90 Å². The van der Waals surface area contributed by atoms with Gasteiger partial charge in [-0.25, -0.2) is 9.79 Å². The number of hydrogen-bond donors (Lipinski definition) is 1. The summed E-state index contributed by atoms with van der Waals surface area (Å²) in [6, 6.07) is -0.106. The molecule has 1 rings (SSSR count). The van der Waals surface area contributed by atoms with E-state index in [4.69, 9.17) is 5.11 Å². The number of carbonyl (C=O) groups is 1. The SMILES string of the molecule is CC1=NC=CC(C)N1C(=O)O. The monoisotopic (exact) mass is 154 g/mol. The lowest BCUT2D eigenvalue weighted by Crippen LogP contribution is -2.41. The molecular weight excluding hydrogens is 144 g/mol. The highest BCUT2D eigenvalue weighted by molar-refractivity contribution is 5.94. The summed E-state index contributed by atoms with van der Waals surface area (Å²) in [6.45, 7) is 3.48. The predicted molar refractivity (Wildman–Crippen MR) is 41.6 cm³/mol. The Morgan fingerprint density at radius 3 is 2.82 bits per heavy atom. The van der Waals surface area contributed by atoms with Crippen LogP contribution in [0.2, 0.25) is 0 Å². The molecule has 0 aliphatic carbocycles. The first-order chi connectivity index (χ1) is 5.13. The zero-order chi connectivity index (χ0) is 8.43. The van der Waals surface area contributed by atoms with Gasteiger partial charge in [0.2, 0.25) is 0 Å². The van der Waals surface area contributed by atoms with Crippen LogP contribution in [0, 0.1) is 0 Å². The fraction of sp³-hybridized carbons (Fsp3) is 0.429. The van der Waals surface area contributed by atoms with Crippen LogP contribution in [0.3, 0.4) is 0 Å². The van der Waals surface area contributed by atoms with Crippen LogP contribution in [0.25, 0.3) is 0 Å². The summed E-state index contributed by atoms with van der Waals surface area (Å²) in [5.41, 5.74) is 0. The van der Waals surface area contributed by atoms with Gasteiger partial charge in [-0.2, -0.15) is 0 Å². The summed E-state index contributed by atoms with van der Waals surface area (Å²) in [5, 5.41) is 8.69. The summed E-state index contributed by atoms with van der Waals surface area (Å²) in [6.07, 6.45) is 2.41. The highest BCUT2D eigenvalue weighted by Crippen LogP contribution is 2.08. The van der Waals surface area contributed by atoms with E-state index in [9.17, 15) is 4.79 Å². The molecule has 4 heteroatoms. The number of amidine groups is 1. The molecule has 1 aliphatic heterocycles. The van der Waals surface area contributed by atoms with Crippen molar-refractivity contribution in [2.45, 2.75) is 19.9 Å². The number of aliphatic imine (C=N–C) groups is 1. The third-order valence-electron chi connectivity index (χ3n) is 1.59. The van der Waals surface area contributed by atoms with Gasteiger partial charge < -0.3 is 5.11 Å². The third kappa shape index (κ3) is 1.39. The Morgan fingerprint density at radius 1 is 1.82 bits per heavy atom. The van der Waals surface area contributed by atoms with Crippen molar-refractivity contribution in [1.82, 2.24) is 4.90 Å². The number of amides is 1. The van der Waals surface area contributed by atoms with E-state index in [0.29, 0.717) is 5.84 Å². The van der Waals surface area contributed by atoms with Crippen LogP contribution >= 0.6 is 0 Å². The van der Waals surface area contributed by atoms with Crippen LogP contribution in [0.5, 0.6) is 0 Å². The van der Waals surface area contributed by atoms with E-state index in [1.807, 2.05) is 6.92 Å². The van der Waals surface area contributed by atoms with E-state index >= 15 is 0 Å². The molecule has 0 radical (unpaired) electrons. The van der Waals surface area contributed by atoms with Crippen LogP contribution in [0.4, 0.5) is 4.79 Å². The van der Waals surface area contributed by atoms with Crippen molar-refractivity contribution in [3.05, 3.63) is 12.3 Å². The van der Waals surface area contributed by atoms with Crippen LogP contribution in [-0.2, 0) is 0 Å². The van der Waals surface area contributed by atoms with Crippen LogP contribution in [-0.4, -0.2) is 28.0 Å². The van der Waals surface area contributed by atoms with Gasteiger partial charge in [-0.15, -0.1) is 0 Å². The van der Waals surface area contributed by atoms with Crippen molar-refractivity contribution in [2.24, 2.45) is 4.99 Å². The molecule has 4 nitrogen and oxygen atoms in total. The van der Waals surface area contributed by atoms with Crippen molar-refractivity contribution in [2.75, 3.05) is 0 Å². The van der Waals surface area contributed by atoms with Crippen molar-refractivity contribution >= 4 is 11.9 Å². The molecule has 0 bridgehead atoms. The van der Waals surface area contributed by atoms with Crippen molar-refractivity contribution in [3.63, 3.8) is 0 Å². The maximum absolute atomic E-state index is 10.6. The third-order valence-corrected chi connectivity index (χ3v) is 1.59. The first-order valence-electron chi connectivity index (χ1n) is 3.36. The molecular formula is C7H10N2O2. The Labute approximate surface area is 64.8 Å². The lowest BCUT2D eigenvalue weighted by atomic mass is 10.2. The summed E-state index contributed by atoms with van der Waals surface area (Å²) in [7, 11) is 0. The normalized spacial score (nSPS) is 23.3. The lowest BCUT2D eigenvalue weighted by molar-refractivity contribution is 0.163. The molecule has 0 saturated heterocycles. The van der Waals surface area contributed by atoms with Crippen molar-refractivity contribution in [1.29, 1.82) is 0 Å². The van der Waals surface area contributed by atoms with Gasteiger partial charge in [0.05, 0.1) is 6.04 Å². The Morgan fingerprint density at radius 2 is 2.45 bits per heavy atom. The predicted octanol–water partition coefficient (Wildman–Crippen LogP) is 1.30. The summed E-state index contributed by atoms with van der Waals surface area (Å²) >= 11 is 0. The first kappa shape index (κ1) is 7.78. The van der Waals surface area contributed by atoms with Gasteiger partial charge in [-0.05, 0) is 19.9 Å². The largest absolute Gasteiger partial charge is 0.465 e. The quantitative estimate of drug-likeness (QED) is 0.571. The molecule has 0 aromatic rings. The highest BCUT2D eigenvalue weighted by Gasteiger charge is 2.21. The van der Waals surface area contributed by atoms with E-state index in [1.165, 1.54) is 4.90 Å². The smallest absolute Gasteiger partial charge is 0.413 e. The Bertz CT molecular complexity index is 233.